The van der Waals surface area contributed by atoms with Crippen LogP contribution in [0.2, 0.25) is 0 Å². The van der Waals surface area contributed by atoms with Crippen LogP contribution < -0.4 is 4.90 Å². The molecule has 4 rings (SSSR count). The average molecular weight is 313 g/mol. The van der Waals surface area contributed by atoms with Gasteiger partial charge in [0.25, 0.3) is 5.78 Å². The minimum absolute atomic E-state index is 0.372. The lowest BCUT2D eigenvalue weighted by atomic mass is 10.1. The van der Waals surface area contributed by atoms with Crippen LogP contribution in [0.5, 0.6) is 0 Å². The Kier molecular flexibility index (Phi) is 3.66. The quantitative estimate of drug-likeness (QED) is 0.723. The Bertz CT molecular complexity index is 782. The van der Waals surface area contributed by atoms with Crippen molar-refractivity contribution < 1.29 is 4.74 Å². The number of methoxy groups -OCH3 is 1. The first-order valence-corrected chi connectivity index (χ1v) is 7.78. The van der Waals surface area contributed by atoms with E-state index in [0.29, 0.717) is 18.4 Å². The molecule has 23 heavy (non-hydrogen) atoms. The lowest BCUT2D eigenvalue weighted by Crippen LogP contribution is -2.38. The van der Waals surface area contributed by atoms with Gasteiger partial charge in [-0.05, 0) is 18.9 Å². The Morgan fingerprint density at radius 2 is 2.30 bits per heavy atom. The number of ether oxygens (including phenoxy) is 1. The van der Waals surface area contributed by atoms with Crippen LogP contribution >= 0.6 is 0 Å². The van der Waals surface area contributed by atoms with E-state index >= 15 is 0 Å². The minimum Gasteiger partial charge on any atom is -0.378 e. The summed E-state index contributed by atoms with van der Waals surface area (Å²) >= 11 is 0. The predicted molar refractivity (Wildman–Crippen MR) is 84.2 cm³/mol. The molecule has 3 aromatic rings. The van der Waals surface area contributed by atoms with E-state index < -0.39 is 0 Å². The summed E-state index contributed by atoms with van der Waals surface area (Å²) in [5.74, 6) is 1.62. The first kappa shape index (κ1) is 14.1. The van der Waals surface area contributed by atoms with Crippen molar-refractivity contribution in [2.45, 2.75) is 25.5 Å². The topological polar surface area (TPSA) is 73.4 Å². The van der Waals surface area contributed by atoms with Crippen molar-refractivity contribution in [2.75, 3.05) is 25.1 Å². The second kappa shape index (κ2) is 5.96. The van der Waals surface area contributed by atoms with Crippen LogP contribution in [0.3, 0.4) is 0 Å². The summed E-state index contributed by atoms with van der Waals surface area (Å²) in [4.78, 5) is 11.0. The summed E-state index contributed by atoms with van der Waals surface area (Å²) in [6.45, 7) is 2.35. The molecule has 3 aromatic heterocycles. The molecule has 120 valence electrons. The Labute approximate surface area is 133 Å². The van der Waals surface area contributed by atoms with Crippen molar-refractivity contribution in [3.05, 3.63) is 36.5 Å². The normalized spacial score (nSPS) is 18.7. The zero-order valence-corrected chi connectivity index (χ0v) is 13.0. The molecule has 0 radical (unpaired) electrons. The minimum atomic E-state index is 0.372. The molecule has 1 atom stereocenters. The molecule has 8 nitrogen and oxygen atoms in total. The third-order valence-corrected chi connectivity index (χ3v) is 4.20. The molecule has 0 bridgehead atoms. The van der Waals surface area contributed by atoms with E-state index in [9.17, 15) is 0 Å². The number of piperidine rings is 1. The maximum absolute atomic E-state index is 5.22. The number of rotatable bonds is 4. The molecule has 1 aliphatic heterocycles. The van der Waals surface area contributed by atoms with Gasteiger partial charge in [-0.3, -0.25) is 4.68 Å². The molecule has 4 heterocycles. The van der Waals surface area contributed by atoms with Gasteiger partial charge in [0.05, 0.1) is 18.3 Å². The highest BCUT2D eigenvalue weighted by molar-refractivity contribution is 5.47. The molecule has 0 spiro atoms. The lowest BCUT2D eigenvalue weighted by molar-refractivity contribution is 0.181. The Balaban J connectivity index is 1.68. The summed E-state index contributed by atoms with van der Waals surface area (Å²) in [5, 5.41) is 8.71. The third kappa shape index (κ3) is 2.65. The van der Waals surface area contributed by atoms with Gasteiger partial charge in [-0.25, -0.2) is 4.98 Å². The maximum atomic E-state index is 5.22. The Hall–Kier alpha value is -2.48. The van der Waals surface area contributed by atoms with Crippen molar-refractivity contribution in [2.24, 2.45) is 0 Å². The van der Waals surface area contributed by atoms with Crippen molar-refractivity contribution in [3.8, 4) is 0 Å². The molecule has 0 aliphatic carbocycles. The van der Waals surface area contributed by atoms with Crippen molar-refractivity contribution in [1.82, 2.24) is 29.4 Å². The van der Waals surface area contributed by atoms with Gasteiger partial charge in [0.15, 0.2) is 0 Å². The molecule has 1 saturated heterocycles. The van der Waals surface area contributed by atoms with Crippen molar-refractivity contribution in [3.63, 3.8) is 0 Å². The van der Waals surface area contributed by atoms with Gasteiger partial charge in [0.2, 0.25) is 0 Å². The fraction of sp³-hybridized carbons (Fsp3) is 0.467. The molecule has 0 N–H and O–H groups in total. The highest BCUT2D eigenvalue weighted by atomic mass is 16.5. The number of anilines is 1. The van der Waals surface area contributed by atoms with Gasteiger partial charge in [0.1, 0.15) is 12.1 Å². The highest BCUT2D eigenvalue weighted by Gasteiger charge is 2.24. The van der Waals surface area contributed by atoms with E-state index in [0.717, 1.165) is 37.4 Å². The largest absolute Gasteiger partial charge is 0.378 e. The molecule has 8 heteroatoms. The monoisotopic (exact) mass is 313 g/mol. The summed E-state index contributed by atoms with van der Waals surface area (Å²) < 4.78 is 9.06. The molecule has 0 saturated carbocycles. The predicted octanol–water partition coefficient (Wildman–Crippen LogP) is 1.31. The van der Waals surface area contributed by atoms with Gasteiger partial charge in [-0.15, -0.1) is 0 Å². The van der Waals surface area contributed by atoms with E-state index in [4.69, 9.17) is 4.74 Å². The molecule has 1 aliphatic rings. The van der Waals surface area contributed by atoms with Crippen LogP contribution in [-0.2, 0) is 11.3 Å². The lowest BCUT2D eigenvalue weighted by Gasteiger charge is -2.34. The first-order valence-electron chi connectivity index (χ1n) is 7.78. The molecule has 0 aromatic carbocycles. The smallest absolute Gasteiger partial charge is 0.254 e. The zero-order valence-electron chi connectivity index (χ0n) is 13.0. The van der Waals surface area contributed by atoms with Gasteiger partial charge >= 0.3 is 0 Å². The van der Waals surface area contributed by atoms with Gasteiger partial charge in [0, 0.05) is 38.7 Å². The first-order chi connectivity index (χ1) is 11.3. The Morgan fingerprint density at radius 3 is 3.13 bits per heavy atom. The fourth-order valence-corrected chi connectivity index (χ4v) is 3.17. The van der Waals surface area contributed by atoms with E-state index in [1.807, 2.05) is 29.2 Å². The van der Waals surface area contributed by atoms with Crippen molar-refractivity contribution in [1.29, 1.82) is 0 Å². The second-order valence-corrected chi connectivity index (χ2v) is 5.74. The summed E-state index contributed by atoms with van der Waals surface area (Å²) in [7, 11) is 1.67. The molecular weight excluding hydrogens is 294 g/mol. The number of hydrogen-bond acceptors (Lipinski definition) is 6. The third-order valence-electron chi connectivity index (χ3n) is 4.20. The number of nitrogens with zero attached hydrogens (tertiary/aromatic N) is 7. The van der Waals surface area contributed by atoms with Gasteiger partial charge in [-0.1, -0.05) is 0 Å². The van der Waals surface area contributed by atoms with Gasteiger partial charge in [-0.2, -0.15) is 19.7 Å². The highest BCUT2D eigenvalue weighted by Crippen LogP contribution is 2.26. The average Bonchev–Trinajstić information content (AvgIpc) is 3.26. The molecule has 0 amide bonds. The summed E-state index contributed by atoms with van der Waals surface area (Å²) in [6.07, 6.45) is 7.65. The van der Waals surface area contributed by atoms with Crippen LogP contribution in [-0.4, -0.2) is 49.6 Å². The van der Waals surface area contributed by atoms with Crippen LogP contribution in [0, 0.1) is 0 Å². The zero-order chi connectivity index (χ0) is 15.6. The maximum Gasteiger partial charge on any atom is 0.254 e. The second-order valence-electron chi connectivity index (χ2n) is 5.74. The number of fused-ring (bicyclic) bond motifs is 1. The standard InChI is InChI=1S/C15H19N7O/c1-23-10-12-8-14(22-15(19-12)16-11-18-22)20-6-2-4-13(9-20)21-7-3-5-17-21/h3,5,7-8,11,13H,2,4,6,9-10H2,1H3. The summed E-state index contributed by atoms with van der Waals surface area (Å²) in [5.41, 5.74) is 0.865. The SMILES string of the molecule is COCc1cc(N2CCCC(n3cccn3)C2)n2ncnc2n1. The van der Waals surface area contributed by atoms with Crippen molar-refractivity contribution >= 4 is 11.6 Å². The number of aromatic nitrogens is 6. The van der Waals surface area contributed by atoms with E-state index in [-0.39, 0.29) is 0 Å². The Morgan fingerprint density at radius 1 is 1.35 bits per heavy atom. The summed E-state index contributed by atoms with van der Waals surface area (Å²) in [6, 6.07) is 4.38. The molecular formula is C15H19N7O. The van der Waals surface area contributed by atoms with E-state index in [1.54, 1.807) is 11.6 Å². The molecule has 1 fully saturated rings. The van der Waals surface area contributed by atoms with Crippen LogP contribution in [0.4, 0.5) is 5.82 Å². The van der Waals surface area contributed by atoms with Crippen LogP contribution in [0.25, 0.3) is 5.78 Å². The number of hydrogen-bond donors (Lipinski definition) is 0. The van der Waals surface area contributed by atoms with Gasteiger partial charge < -0.3 is 9.64 Å². The van der Waals surface area contributed by atoms with Crippen LogP contribution in [0.1, 0.15) is 24.6 Å². The fourth-order valence-electron chi connectivity index (χ4n) is 3.17. The van der Waals surface area contributed by atoms with Crippen LogP contribution in [0.15, 0.2) is 30.9 Å². The van der Waals surface area contributed by atoms with E-state index in [1.165, 1.54) is 6.33 Å². The van der Waals surface area contributed by atoms with E-state index in [2.05, 4.69) is 25.1 Å². The molecule has 1 unspecified atom stereocenters.